The van der Waals surface area contributed by atoms with Crippen molar-refractivity contribution in [3.05, 3.63) is 47.3 Å². The van der Waals surface area contributed by atoms with Gasteiger partial charge < -0.3 is 10.1 Å². The topological polar surface area (TPSA) is 39.1 Å². The van der Waals surface area contributed by atoms with Gasteiger partial charge >= 0.3 is 0 Å². The maximum absolute atomic E-state index is 5.81. The molecule has 1 aliphatic rings. The Balaban J connectivity index is 1.78. The minimum atomic E-state index is 0.333. The SMILES string of the molecule is CCc1nn(C)cc1CNC1c2ccccc2OCC1C. The molecule has 1 aromatic heterocycles. The predicted molar refractivity (Wildman–Crippen MR) is 83.3 cm³/mol. The Kier molecular flexibility index (Phi) is 3.97. The van der Waals surface area contributed by atoms with Crippen LogP contribution in [0.5, 0.6) is 5.75 Å². The number of ether oxygens (including phenoxy) is 1. The zero-order valence-corrected chi connectivity index (χ0v) is 13.0. The standard InChI is InChI=1S/C17H23N3O/c1-4-15-13(10-20(3)19-15)9-18-17-12(2)11-21-16-8-6-5-7-14(16)17/h5-8,10,12,17-18H,4,9,11H2,1-3H3. The Hall–Kier alpha value is -1.81. The number of rotatable bonds is 4. The molecule has 4 nitrogen and oxygen atoms in total. The number of hydrogen-bond donors (Lipinski definition) is 1. The van der Waals surface area contributed by atoms with E-state index in [1.54, 1.807) is 0 Å². The number of aryl methyl sites for hydroxylation is 2. The van der Waals surface area contributed by atoms with Crippen molar-refractivity contribution < 1.29 is 4.74 Å². The number of fused-ring (bicyclic) bond motifs is 1. The van der Waals surface area contributed by atoms with Crippen molar-refractivity contribution in [2.45, 2.75) is 32.9 Å². The lowest BCUT2D eigenvalue weighted by molar-refractivity contribution is 0.188. The molecule has 0 fully saturated rings. The summed E-state index contributed by atoms with van der Waals surface area (Å²) in [7, 11) is 1.98. The minimum absolute atomic E-state index is 0.333. The first kappa shape index (κ1) is 14.1. The van der Waals surface area contributed by atoms with Crippen molar-refractivity contribution in [3.8, 4) is 5.75 Å². The van der Waals surface area contributed by atoms with Gasteiger partial charge in [0.1, 0.15) is 5.75 Å². The first-order valence-electron chi connectivity index (χ1n) is 7.65. The van der Waals surface area contributed by atoms with Gasteiger partial charge in [-0.3, -0.25) is 4.68 Å². The third-order valence-electron chi connectivity index (χ3n) is 4.16. The number of aromatic nitrogens is 2. The van der Waals surface area contributed by atoms with Crippen LogP contribution in [0, 0.1) is 5.92 Å². The fourth-order valence-electron chi connectivity index (χ4n) is 3.05. The van der Waals surface area contributed by atoms with Crippen LogP contribution in [0.4, 0.5) is 0 Å². The highest BCUT2D eigenvalue weighted by atomic mass is 16.5. The average molecular weight is 285 g/mol. The highest BCUT2D eigenvalue weighted by molar-refractivity contribution is 5.38. The first-order chi connectivity index (χ1) is 10.2. The molecular weight excluding hydrogens is 262 g/mol. The van der Waals surface area contributed by atoms with E-state index in [9.17, 15) is 0 Å². The van der Waals surface area contributed by atoms with E-state index >= 15 is 0 Å². The average Bonchev–Trinajstić information content (AvgIpc) is 2.86. The third-order valence-corrected chi connectivity index (χ3v) is 4.16. The molecule has 2 unspecified atom stereocenters. The molecular formula is C17H23N3O. The Morgan fingerprint density at radius 3 is 3.00 bits per heavy atom. The van der Waals surface area contributed by atoms with E-state index in [4.69, 9.17) is 4.74 Å². The molecule has 1 aromatic carbocycles. The number of nitrogens with zero attached hydrogens (tertiary/aromatic N) is 2. The van der Waals surface area contributed by atoms with Gasteiger partial charge in [-0.2, -0.15) is 5.10 Å². The van der Waals surface area contributed by atoms with Crippen molar-refractivity contribution in [2.75, 3.05) is 6.61 Å². The third kappa shape index (κ3) is 2.81. The van der Waals surface area contributed by atoms with Crippen molar-refractivity contribution in [2.24, 2.45) is 13.0 Å². The molecule has 0 amide bonds. The molecule has 0 bridgehead atoms. The Labute approximate surface area is 126 Å². The summed E-state index contributed by atoms with van der Waals surface area (Å²) in [5.74, 6) is 1.47. The quantitative estimate of drug-likeness (QED) is 0.939. The molecule has 2 aromatic rings. The highest BCUT2D eigenvalue weighted by Crippen LogP contribution is 2.35. The van der Waals surface area contributed by atoms with E-state index in [0.717, 1.165) is 25.3 Å². The largest absolute Gasteiger partial charge is 0.493 e. The molecule has 0 radical (unpaired) electrons. The second-order valence-electron chi connectivity index (χ2n) is 5.81. The summed E-state index contributed by atoms with van der Waals surface area (Å²) in [6.07, 6.45) is 3.08. The van der Waals surface area contributed by atoms with Gasteiger partial charge in [-0.05, 0) is 12.5 Å². The zero-order valence-electron chi connectivity index (χ0n) is 13.0. The number of nitrogens with one attached hydrogen (secondary N) is 1. The van der Waals surface area contributed by atoms with Crippen molar-refractivity contribution in [3.63, 3.8) is 0 Å². The molecule has 2 atom stereocenters. The lowest BCUT2D eigenvalue weighted by Crippen LogP contribution is -2.33. The monoisotopic (exact) mass is 285 g/mol. The second-order valence-corrected chi connectivity index (χ2v) is 5.81. The molecule has 21 heavy (non-hydrogen) atoms. The summed E-state index contributed by atoms with van der Waals surface area (Å²) >= 11 is 0. The van der Waals surface area contributed by atoms with E-state index in [1.165, 1.54) is 16.8 Å². The van der Waals surface area contributed by atoms with E-state index in [2.05, 4.69) is 48.7 Å². The summed E-state index contributed by atoms with van der Waals surface area (Å²) in [4.78, 5) is 0. The highest BCUT2D eigenvalue weighted by Gasteiger charge is 2.27. The number of hydrogen-bond acceptors (Lipinski definition) is 3. The van der Waals surface area contributed by atoms with Crippen molar-refractivity contribution in [1.29, 1.82) is 0 Å². The van der Waals surface area contributed by atoms with Gasteiger partial charge in [0.05, 0.1) is 12.3 Å². The summed E-state index contributed by atoms with van der Waals surface area (Å²) in [6.45, 7) is 6.00. The predicted octanol–water partition coefficient (Wildman–Crippen LogP) is 2.84. The van der Waals surface area contributed by atoms with Crippen LogP contribution in [-0.4, -0.2) is 16.4 Å². The van der Waals surface area contributed by atoms with Crippen molar-refractivity contribution in [1.82, 2.24) is 15.1 Å². The van der Waals surface area contributed by atoms with Crippen LogP contribution in [0.3, 0.4) is 0 Å². The van der Waals surface area contributed by atoms with Crippen LogP contribution in [-0.2, 0) is 20.0 Å². The van der Waals surface area contributed by atoms with E-state index in [0.29, 0.717) is 12.0 Å². The van der Waals surface area contributed by atoms with E-state index in [-0.39, 0.29) is 0 Å². The summed E-state index contributed by atoms with van der Waals surface area (Å²) in [5, 5.41) is 8.21. The van der Waals surface area contributed by atoms with Crippen LogP contribution >= 0.6 is 0 Å². The second kappa shape index (κ2) is 5.90. The summed E-state index contributed by atoms with van der Waals surface area (Å²) in [5.41, 5.74) is 3.73. The minimum Gasteiger partial charge on any atom is -0.493 e. The van der Waals surface area contributed by atoms with Gasteiger partial charge in [-0.1, -0.05) is 32.0 Å². The Morgan fingerprint density at radius 2 is 2.19 bits per heavy atom. The van der Waals surface area contributed by atoms with Crippen LogP contribution in [0.2, 0.25) is 0 Å². The van der Waals surface area contributed by atoms with E-state index < -0.39 is 0 Å². The molecule has 4 heteroatoms. The lowest BCUT2D eigenvalue weighted by atomic mass is 9.92. The number of benzene rings is 1. The van der Waals surface area contributed by atoms with Gasteiger partial charge in [0, 0.05) is 42.9 Å². The van der Waals surface area contributed by atoms with Gasteiger partial charge in [0.15, 0.2) is 0 Å². The van der Waals surface area contributed by atoms with Crippen LogP contribution in [0.25, 0.3) is 0 Å². The molecule has 1 aliphatic heterocycles. The van der Waals surface area contributed by atoms with Crippen LogP contribution in [0.1, 0.15) is 36.7 Å². The van der Waals surface area contributed by atoms with Gasteiger partial charge in [0.25, 0.3) is 0 Å². The molecule has 0 saturated carbocycles. The Bertz CT molecular complexity index is 620. The van der Waals surface area contributed by atoms with Gasteiger partial charge in [-0.25, -0.2) is 0 Å². The van der Waals surface area contributed by atoms with Gasteiger partial charge in [0.2, 0.25) is 0 Å². The molecule has 0 saturated heterocycles. The molecule has 1 N–H and O–H groups in total. The lowest BCUT2D eigenvalue weighted by Gasteiger charge is -2.32. The molecule has 2 heterocycles. The number of para-hydroxylation sites is 1. The summed E-state index contributed by atoms with van der Waals surface area (Å²) in [6, 6.07) is 8.66. The Morgan fingerprint density at radius 1 is 1.38 bits per heavy atom. The summed E-state index contributed by atoms with van der Waals surface area (Å²) < 4.78 is 7.71. The molecule has 0 aliphatic carbocycles. The first-order valence-corrected chi connectivity index (χ1v) is 7.65. The van der Waals surface area contributed by atoms with Crippen LogP contribution < -0.4 is 10.1 Å². The van der Waals surface area contributed by atoms with E-state index in [1.807, 2.05) is 17.8 Å². The van der Waals surface area contributed by atoms with Crippen LogP contribution in [0.15, 0.2) is 30.5 Å². The molecule has 112 valence electrons. The zero-order chi connectivity index (χ0) is 14.8. The molecule has 3 rings (SSSR count). The maximum atomic E-state index is 5.81. The molecule has 0 spiro atoms. The van der Waals surface area contributed by atoms with Gasteiger partial charge in [-0.15, -0.1) is 0 Å². The van der Waals surface area contributed by atoms with Crippen molar-refractivity contribution >= 4 is 0 Å². The maximum Gasteiger partial charge on any atom is 0.124 e. The normalized spacial score (nSPS) is 20.9. The fraction of sp³-hybridized carbons (Fsp3) is 0.471. The fourth-order valence-corrected chi connectivity index (χ4v) is 3.05. The smallest absolute Gasteiger partial charge is 0.124 e.